The number of hydrogen-bond donors (Lipinski definition) is 0. The van der Waals surface area contributed by atoms with E-state index < -0.39 is 0 Å². The first-order chi connectivity index (χ1) is 10.8. The molecule has 112 valence electrons. The number of ether oxygens (including phenoxy) is 1. The van der Waals surface area contributed by atoms with Gasteiger partial charge in [-0.15, -0.1) is 0 Å². The molecule has 0 aliphatic heterocycles. The van der Waals surface area contributed by atoms with Gasteiger partial charge in [-0.1, -0.05) is 42.5 Å². The highest BCUT2D eigenvalue weighted by molar-refractivity contribution is 5.69. The number of nitriles is 1. The van der Waals surface area contributed by atoms with Crippen molar-refractivity contribution >= 4 is 5.97 Å². The average molecular weight is 293 g/mol. The van der Waals surface area contributed by atoms with Gasteiger partial charge in [-0.25, -0.2) is 0 Å². The minimum Gasteiger partial charge on any atom is -0.466 e. The summed E-state index contributed by atoms with van der Waals surface area (Å²) in [7, 11) is 0. The van der Waals surface area contributed by atoms with E-state index >= 15 is 0 Å². The van der Waals surface area contributed by atoms with Gasteiger partial charge in [0.25, 0.3) is 0 Å². The monoisotopic (exact) mass is 293 g/mol. The zero-order valence-corrected chi connectivity index (χ0v) is 12.5. The normalized spacial score (nSPS) is 9.95. The quantitative estimate of drug-likeness (QED) is 0.578. The molecule has 2 aromatic rings. The predicted molar refractivity (Wildman–Crippen MR) is 85.2 cm³/mol. The van der Waals surface area contributed by atoms with Gasteiger partial charge >= 0.3 is 5.97 Å². The summed E-state index contributed by atoms with van der Waals surface area (Å²) in [5.41, 5.74) is 2.93. The van der Waals surface area contributed by atoms with Crippen LogP contribution in [0.5, 0.6) is 0 Å². The number of nitrogens with zero attached hydrogens (tertiary/aromatic N) is 1. The van der Waals surface area contributed by atoms with Gasteiger partial charge in [0.05, 0.1) is 18.2 Å². The molecule has 0 spiro atoms. The number of aryl methyl sites for hydroxylation is 2. The first-order valence-electron chi connectivity index (χ1n) is 7.46. The second-order valence-electron chi connectivity index (χ2n) is 5.12. The summed E-state index contributed by atoms with van der Waals surface area (Å²) in [4.78, 5) is 11.7. The Balaban J connectivity index is 1.62. The van der Waals surface area contributed by atoms with Gasteiger partial charge in [-0.3, -0.25) is 4.79 Å². The molecular formula is C19H19NO2. The van der Waals surface area contributed by atoms with Gasteiger partial charge in [-0.2, -0.15) is 5.26 Å². The van der Waals surface area contributed by atoms with E-state index in [1.165, 1.54) is 5.56 Å². The molecule has 0 bridgehead atoms. The molecule has 3 nitrogen and oxygen atoms in total. The lowest BCUT2D eigenvalue weighted by molar-refractivity contribution is -0.143. The Labute approximate surface area is 131 Å². The third-order valence-corrected chi connectivity index (χ3v) is 3.42. The SMILES string of the molecule is N#Cc1ccc(CCC(=O)OCCCc2ccccc2)cc1. The van der Waals surface area contributed by atoms with E-state index in [1.54, 1.807) is 12.1 Å². The van der Waals surface area contributed by atoms with Crippen LogP contribution >= 0.6 is 0 Å². The van der Waals surface area contributed by atoms with Gasteiger partial charge < -0.3 is 4.74 Å². The summed E-state index contributed by atoms with van der Waals surface area (Å²) >= 11 is 0. The molecule has 0 amide bonds. The number of carbonyl (C=O) groups excluding carboxylic acids is 1. The highest BCUT2D eigenvalue weighted by atomic mass is 16.5. The Morgan fingerprint density at radius 1 is 0.955 bits per heavy atom. The molecular weight excluding hydrogens is 274 g/mol. The zero-order valence-electron chi connectivity index (χ0n) is 12.5. The minimum absolute atomic E-state index is 0.169. The molecule has 0 radical (unpaired) electrons. The fourth-order valence-corrected chi connectivity index (χ4v) is 2.17. The van der Waals surface area contributed by atoms with E-state index in [0.717, 1.165) is 18.4 Å². The highest BCUT2D eigenvalue weighted by Gasteiger charge is 2.04. The van der Waals surface area contributed by atoms with Crippen LogP contribution in [0.15, 0.2) is 54.6 Å². The number of hydrogen-bond acceptors (Lipinski definition) is 3. The molecule has 0 fully saturated rings. The predicted octanol–water partition coefficient (Wildman–Crippen LogP) is 3.67. The van der Waals surface area contributed by atoms with E-state index in [9.17, 15) is 4.79 Å². The maximum atomic E-state index is 11.7. The second-order valence-corrected chi connectivity index (χ2v) is 5.12. The minimum atomic E-state index is -0.169. The molecule has 3 heteroatoms. The van der Waals surface area contributed by atoms with Gasteiger partial charge in [-0.05, 0) is 42.5 Å². The lowest BCUT2D eigenvalue weighted by Gasteiger charge is -2.05. The standard InChI is InChI=1S/C19H19NO2/c20-15-18-10-8-17(9-11-18)12-13-19(21)22-14-4-7-16-5-2-1-3-6-16/h1-3,5-6,8-11H,4,7,12-14H2. The maximum Gasteiger partial charge on any atom is 0.306 e. The van der Waals surface area contributed by atoms with Crippen LogP contribution in [-0.2, 0) is 22.4 Å². The summed E-state index contributed by atoms with van der Waals surface area (Å²) in [5, 5.41) is 8.73. The molecule has 0 unspecified atom stereocenters. The van der Waals surface area contributed by atoms with Gasteiger partial charge in [0.15, 0.2) is 0 Å². The molecule has 0 saturated heterocycles. The Bertz CT molecular complexity index is 627. The first-order valence-corrected chi connectivity index (χ1v) is 7.46. The first kappa shape index (κ1) is 15.8. The van der Waals surface area contributed by atoms with Gasteiger partial charge in [0, 0.05) is 6.42 Å². The maximum absolute atomic E-state index is 11.7. The summed E-state index contributed by atoms with van der Waals surface area (Å²) < 4.78 is 5.24. The average Bonchev–Trinajstić information content (AvgIpc) is 2.58. The summed E-state index contributed by atoms with van der Waals surface area (Å²) in [5.74, 6) is -0.169. The molecule has 0 atom stereocenters. The van der Waals surface area contributed by atoms with Crippen LogP contribution in [-0.4, -0.2) is 12.6 Å². The Kier molecular flexibility index (Phi) is 6.19. The van der Waals surface area contributed by atoms with E-state index in [1.807, 2.05) is 30.3 Å². The van der Waals surface area contributed by atoms with Crippen molar-refractivity contribution in [2.75, 3.05) is 6.61 Å². The summed E-state index contributed by atoms with van der Waals surface area (Å²) in [6, 6.07) is 19.5. The summed E-state index contributed by atoms with van der Waals surface area (Å²) in [6.45, 7) is 0.459. The van der Waals surface area contributed by atoms with Crippen LogP contribution in [0.3, 0.4) is 0 Å². The Morgan fingerprint density at radius 3 is 2.32 bits per heavy atom. The van der Waals surface area contributed by atoms with Gasteiger partial charge in [0.1, 0.15) is 0 Å². The largest absolute Gasteiger partial charge is 0.466 e. The molecule has 0 aliphatic rings. The lowest BCUT2D eigenvalue weighted by atomic mass is 10.1. The second kappa shape index (κ2) is 8.63. The number of rotatable bonds is 7. The molecule has 2 rings (SSSR count). The fraction of sp³-hybridized carbons (Fsp3) is 0.263. The van der Waals surface area contributed by atoms with E-state index in [2.05, 4.69) is 18.2 Å². The number of carbonyl (C=O) groups is 1. The van der Waals surface area contributed by atoms with Crippen molar-refractivity contribution in [3.05, 3.63) is 71.3 Å². The smallest absolute Gasteiger partial charge is 0.306 e. The van der Waals surface area contributed by atoms with Crippen molar-refractivity contribution in [1.29, 1.82) is 5.26 Å². The van der Waals surface area contributed by atoms with Crippen molar-refractivity contribution in [1.82, 2.24) is 0 Å². The van der Waals surface area contributed by atoms with Crippen molar-refractivity contribution in [2.24, 2.45) is 0 Å². The highest BCUT2D eigenvalue weighted by Crippen LogP contribution is 2.07. The molecule has 22 heavy (non-hydrogen) atoms. The molecule has 0 saturated carbocycles. The van der Waals surface area contributed by atoms with Crippen LogP contribution < -0.4 is 0 Å². The van der Waals surface area contributed by atoms with Crippen LogP contribution in [0.2, 0.25) is 0 Å². The molecule has 2 aromatic carbocycles. The van der Waals surface area contributed by atoms with Crippen LogP contribution in [0.4, 0.5) is 0 Å². The fourth-order valence-electron chi connectivity index (χ4n) is 2.17. The van der Waals surface area contributed by atoms with Crippen molar-refractivity contribution < 1.29 is 9.53 Å². The van der Waals surface area contributed by atoms with Crippen LogP contribution in [0.1, 0.15) is 29.5 Å². The van der Waals surface area contributed by atoms with Crippen LogP contribution in [0.25, 0.3) is 0 Å². The Hall–Kier alpha value is -2.60. The molecule has 0 N–H and O–H groups in total. The van der Waals surface area contributed by atoms with E-state index in [0.29, 0.717) is 25.0 Å². The number of benzene rings is 2. The van der Waals surface area contributed by atoms with Crippen molar-refractivity contribution in [3.8, 4) is 6.07 Å². The third-order valence-electron chi connectivity index (χ3n) is 3.42. The van der Waals surface area contributed by atoms with Crippen LogP contribution in [0, 0.1) is 11.3 Å². The van der Waals surface area contributed by atoms with E-state index in [-0.39, 0.29) is 5.97 Å². The topological polar surface area (TPSA) is 50.1 Å². The molecule has 0 heterocycles. The lowest BCUT2D eigenvalue weighted by Crippen LogP contribution is -2.07. The summed E-state index contributed by atoms with van der Waals surface area (Å²) in [6.07, 6.45) is 2.77. The van der Waals surface area contributed by atoms with Crippen molar-refractivity contribution in [2.45, 2.75) is 25.7 Å². The third kappa shape index (κ3) is 5.41. The van der Waals surface area contributed by atoms with E-state index in [4.69, 9.17) is 10.00 Å². The number of esters is 1. The van der Waals surface area contributed by atoms with Gasteiger partial charge in [0.2, 0.25) is 0 Å². The van der Waals surface area contributed by atoms with Crippen molar-refractivity contribution in [3.63, 3.8) is 0 Å². The molecule has 0 aromatic heterocycles. The Morgan fingerprint density at radius 2 is 1.64 bits per heavy atom. The zero-order chi connectivity index (χ0) is 15.6. The molecule has 0 aliphatic carbocycles.